The molecular weight excluding hydrogens is 241 g/mol. The van der Waals surface area contributed by atoms with Crippen LogP contribution in [0.5, 0.6) is 0 Å². The number of nitrogens with two attached hydrogens (primary N) is 1. The minimum absolute atomic E-state index is 0.0137. The molecule has 1 aromatic rings. The van der Waals surface area contributed by atoms with Crippen LogP contribution in [0.3, 0.4) is 0 Å². The number of benzene rings is 1. The van der Waals surface area contributed by atoms with Crippen LogP contribution >= 0.6 is 11.6 Å². The van der Waals surface area contributed by atoms with Crippen LogP contribution in [0.25, 0.3) is 0 Å². The van der Waals surface area contributed by atoms with Crippen molar-refractivity contribution in [1.29, 1.82) is 5.26 Å². The number of hydrogen-bond acceptors (Lipinski definition) is 2. The van der Waals surface area contributed by atoms with Crippen LogP contribution in [0.1, 0.15) is 23.6 Å². The summed E-state index contributed by atoms with van der Waals surface area (Å²) >= 11 is 5.50. The van der Waals surface area contributed by atoms with Crippen LogP contribution in [0.2, 0.25) is 5.02 Å². The van der Waals surface area contributed by atoms with Gasteiger partial charge in [0, 0.05) is 11.1 Å². The molecule has 0 aliphatic rings. The van der Waals surface area contributed by atoms with Gasteiger partial charge in [-0.1, -0.05) is 17.7 Å². The third kappa shape index (κ3) is 2.87. The lowest BCUT2D eigenvalue weighted by molar-refractivity contribution is -0.138. The Morgan fingerprint density at radius 1 is 1.44 bits per heavy atom. The van der Waals surface area contributed by atoms with Gasteiger partial charge in [-0.05, 0) is 17.7 Å². The SMILES string of the molecule is N#CC[C@H](N)c1ccc(Cl)cc1C(F)(F)F. The summed E-state index contributed by atoms with van der Waals surface area (Å²) in [7, 11) is 0. The first-order chi connectivity index (χ1) is 7.36. The molecule has 1 aromatic carbocycles. The zero-order valence-corrected chi connectivity index (χ0v) is 8.81. The van der Waals surface area contributed by atoms with Crippen molar-refractivity contribution in [2.75, 3.05) is 0 Å². The summed E-state index contributed by atoms with van der Waals surface area (Å²) < 4.78 is 37.9. The van der Waals surface area contributed by atoms with Gasteiger partial charge in [-0.3, -0.25) is 0 Å². The van der Waals surface area contributed by atoms with E-state index in [1.165, 1.54) is 12.1 Å². The number of rotatable bonds is 2. The van der Waals surface area contributed by atoms with Crippen LogP contribution < -0.4 is 5.73 Å². The summed E-state index contributed by atoms with van der Waals surface area (Å²) in [6.07, 6.45) is -4.70. The Morgan fingerprint density at radius 2 is 2.06 bits per heavy atom. The van der Waals surface area contributed by atoms with Gasteiger partial charge < -0.3 is 5.73 Å². The minimum atomic E-state index is -4.52. The second-order valence-corrected chi connectivity index (χ2v) is 3.63. The lowest BCUT2D eigenvalue weighted by atomic mass is 9.99. The van der Waals surface area contributed by atoms with Crippen LogP contribution in [-0.2, 0) is 6.18 Å². The molecular formula is C10H8ClF3N2. The third-order valence-electron chi connectivity index (χ3n) is 2.03. The van der Waals surface area contributed by atoms with E-state index in [1.54, 1.807) is 6.07 Å². The van der Waals surface area contributed by atoms with Crippen molar-refractivity contribution in [3.63, 3.8) is 0 Å². The zero-order chi connectivity index (χ0) is 12.3. The first kappa shape index (κ1) is 12.8. The molecule has 86 valence electrons. The van der Waals surface area contributed by atoms with Gasteiger partial charge in [0.15, 0.2) is 0 Å². The molecule has 1 atom stereocenters. The van der Waals surface area contributed by atoms with E-state index < -0.39 is 17.8 Å². The highest BCUT2D eigenvalue weighted by atomic mass is 35.5. The largest absolute Gasteiger partial charge is 0.416 e. The molecule has 0 aliphatic carbocycles. The fraction of sp³-hybridized carbons (Fsp3) is 0.300. The van der Waals surface area contributed by atoms with Crippen LogP contribution in [0.15, 0.2) is 18.2 Å². The number of nitriles is 1. The molecule has 0 bridgehead atoms. The molecule has 16 heavy (non-hydrogen) atoms. The number of hydrogen-bond donors (Lipinski definition) is 1. The molecule has 0 radical (unpaired) electrons. The Kier molecular flexibility index (Phi) is 3.79. The highest BCUT2D eigenvalue weighted by Crippen LogP contribution is 2.36. The molecule has 0 unspecified atom stereocenters. The van der Waals surface area contributed by atoms with Crippen molar-refractivity contribution in [3.8, 4) is 6.07 Å². The zero-order valence-electron chi connectivity index (χ0n) is 8.05. The van der Waals surface area contributed by atoms with Gasteiger partial charge in [-0.2, -0.15) is 18.4 Å². The fourth-order valence-electron chi connectivity index (χ4n) is 1.31. The molecule has 0 aliphatic heterocycles. The van der Waals surface area contributed by atoms with Crippen LogP contribution in [0, 0.1) is 11.3 Å². The Bertz CT molecular complexity index is 423. The first-order valence-electron chi connectivity index (χ1n) is 4.35. The normalized spacial score (nSPS) is 13.2. The Balaban J connectivity index is 3.24. The van der Waals surface area contributed by atoms with E-state index in [0.29, 0.717) is 0 Å². The number of halogens is 4. The second-order valence-electron chi connectivity index (χ2n) is 3.20. The smallest absolute Gasteiger partial charge is 0.323 e. The summed E-state index contributed by atoms with van der Waals surface area (Å²) in [5, 5.41) is 8.40. The third-order valence-corrected chi connectivity index (χ3v) is 2.27. The average Bonchev–Trinajstić information content (AvgIpc) is 2.16. The van der Waals surface area contributed by atoms with Gasteiger partial charge in [-0.25, -0.2) is 0 Å². The maximum Gasteiger partial charge on any atom is 0.416 e. The quantitative estimate of drug-likeness (QED) is 0.873. The first-order valence-corrected chi connectivity index (χ1v) is 4.73. The summed E-state index contributed by atoms with van der Waals surface area (Å²) in [5.41, 5.74) is 4.49. The Labute approximate surface area is 95.4 Å². The summed E-state index contributed by atoms with van der Waals surface area (Å²) in [6, 6.07) is 4.11. The van der Waals surface area contributed by atoms with Crippen LogP contribution in [0.4, 0.5) is 13.2 Å². The van der Waals surface area contributed by atoms with Crippen molar-refractivity contribution in [2.45, 2.75) is 18.6 Å². The topological polar surface area (TPSA) is 49.8 Å². The van der Waals surface area contributed by atoms with Crippen molar-refractivity contribution in [2.24, 2.45) is 5.73 Å². The van der Waals surface area contributed by atoms with Gasteiger partial charge >= 0.3 is 6.18 Å². The number of nitrogens with zero attached hydrogens (tertiary/aromatic N) is 1. The van der Waals surface area contributed by atoms with Crippen molar-refractivity contribution in [3.05, 3.63) is 34.3 Å². The molecule has 6 heteroatoms. The number of alkyl halides is 3. The molecule has 0 heterocycles. The van der Waals surface area contributed by atoms with Crippen molar-refractivity contribution < 1.29 is 13.2 Å². The monoisotopic (exact) mass is 248 g/mol. The Hall–Kier alpha value is -1.25. The second kappa shape index (κ2) is 4.73. The molecule has 0 aromatic heterocycles. The van der Waals surface area contributed by atoms with Gasteiger partial charge in [0.1, 0.15) is 0 Å². The standard InChI is InChI=1S/C10H8ClF3N2/c11-6-1-2-7(9(16)3-4-15)8(5-6)10(12,13)14/h1-2,5,9H,3,16H2/t9-/m0/s1. The predicted molar refractivity (Wildman–Crippen MR) is 53.6 cm³/mol. The molecule has 1 rings (SSSR count). The van der Waals surface area contributed by atoms with E-state index in [0.717, 1.165) is 6.07 Å². The molecule has 2 N–H and O–H groups in total. The summed E-state index contributed by atoms with van der Waals surface area (Å²) in [4.78, 5) is 0. The van der Waals surface area contributed by atoms with Gasteiger partial charge in [0.25, 0.3) is 0 Å². The minimum Gasteiger partial charge on any atom is -0.323 e. The molecule has 0 spiro atoms. The maximum atomic E-state index is 12.6. The average molecular weight is 249 g/mol. The molecule has 0 saturated carbocycles. The van der Waals surface area contributed by atoms with E-state index in [2.05, 4.69) is 0 Å². The van der Waals surface area contributed by atoms with Gasteiger partial charge in [-0.15, -0.1) is 0 Å². The maximum absolute atomic E-state index is 12.6. The van der Waals surface area contributed by atoms with E-state index in [1.807, 2.05) is 0 Å². The fourth-order valence-corrected chi connectivity index (χ4v) is 1.48. The predicted octanol–water partition coefficient (Wildman–Crippen LogP) is 3.27. The van der Waals surface area contributed by atoms with Gasteiger partial charge in [0.05, 0.1) is 18.1 Å². The summed E-state index contributed by atoms with van der Waals surface area (Å²) in [5.74, 6) is 0. The van der Waals surface area contributed by atoms with Crippen molar-refractivity contribution >= 4 is 11.6 Å². The van der Waals surface area contributed by atoms with E-state index in [9.17, 15) is 13.2 Å². The van der Waals surface area contributed by atoms with Gasteiger partial charge in [0.2, 0.25) is 0 Å². The van der Waals surface area contributed by atoms with E-state index >= 15 is 0 Å². The summed E-state index contributed by atoms with van der Waals surface area (Å²) in [6.45, 7) is 0. The highest BCUT2D eigenvalue weighted by molar-refractivity contribution is 6.30. The lowest BCUT2D eigenvalue weighted by Gasteiger charge is -2.16. The molecule has 0 saturated heterocycles. The lowest BCUT2D eigenvalue weighted by Crippen LogP contribution is -2.17. The van der Waals surface area contributed by atoms with E-state index in [4.69, 9.17) is 22.6 Å². The van der Waals surface area contributed by atoms with Crippen molar-refractivity contribution in [1.82, 2.24) is 0 Å². The Morgan fingerprint density at radius 3 is 2.56 bits per heavy atom. The van der Waals surface area contributed by atoms with Crippen LogP contribution in [-0.4, -0.2) is 0 Å². The van der Waals surface area contributed by atoms with E-state index in [-0.39, 0.29) is 17.0 Å². The highest BCUT2D eigenvalue weighted by Gasteiger charge is 2.34. The molecule has 0 amide bonds. The molecule has 0 fully saturated rings. The molecule has 2 nitrogen and oxygen atoms in total.